The minimum Gasteiger partial charge on any atom is -0.469 e. The minimum absolute atomic E-state index is 0.00536. The van der Waals surface area contributed by atoms with Crippen molar-refractivity contribution < 1.29 is 19.4 Å². The molecule has 196 valence electrons. The lowest BCUT2D eigenvalue weighted by molar-refractivity contribution is -0.202. The van der Waals surface area contributed by atoms with E-state index in [1.54, 1.807) is 0 Å². The van der Waals surface area contributed by atoms with Gasteiger partial charge in [0, 0.05) is 5.92 Å². The molecule has 1 N–H and O–H groups in total. The molecule has 35 heavy (non-hydrogen) atoms. The quantitative estimate of drug-likeness (QED) is 0.431. The lowest BCUT2D eigenvalue weighted by Gasteiger charge is -2.70. The minimum atomic E-state index is -0.480. The highest BCUT2D eigenvalue weighted by Crippen LogP contribution is 2.75. The van der Waals surface area contributed by atoms with E-state index in [4.69, 9.17) is 4.74 Å². The molecule has 0 unspecified atom stereocenters. The van der Waals surface area contributed by atoms with Crippen LogP contribution in [0.15, 0.2) is 11.6 Å². The van der Waals surface area contributed by atoms with Crippen molar-refractivity contribution in [3.8, 4) is 0 Å². The molecule has 0 aromatic carbocycles. The Morgan fingerprint density at radius 1 is 0.943 bits per heavy atom. The Kier molecular flexibility index (Phi) is 5.43. The van der Waals surface area contributed by atoms with Crippen LogP contribution in [0.5, 0.6) is 0 Å². The molecule has 0 bridgehead atoms. The third-order valence-electron chi connectivity index (χ3n) is 13.2. The standard InChI is InChI=1S/C31H48O4/c1-26(2)22-9-12-31(7)24(29(22,5)11-10-23(26)33)21(32)17-19-20-18-28(4,25(34)35-8)14-13-27(20,3)15-16-30(19,31)6/h17,20,22-24,33H,9-16,18H2,1-8H3/t20-,22-,23-,24+,27+,28+,29+,30+,31+/m0/s1. The molecule has 9 atom stereocenters. The van der Waals surface area contributed by atoms with Crippen LogP contribution in [0.3, 0.4) is 0 Å². The van der Waals surface area contributed by atoms with E-state index >= 15 is 0 Å². The molecule has 4 nitrogen and oxygen atoms in total. The fraction of sp³-hybridized carbons (Fsp3) is 0.871. The van der Waals surface area contributed by atoms with Gasteiger partial charge in [0.15, 0.2) is 5.78 Å². The summed E-state index contributed by atoms with van der Waals surface area (Å²) >= 11 is 0. The molecule has 0 aromatic heterocycles. The molecule has 0 saturated heterocycles. The van der Waals surface area contributed by atoms with Gasteiger partial charge in [0.25, 0.3) is 0 Å². The highest BCUT2D eigenvalue weighted by atomic mass is 16.5. The molecule has 5 rings (SSSR count). The van der Waals surface area contributed by atoms with Gasteiger partial charge in [-0.2, -0.15) is 0 Å². The van der Waals surface area contributed by atoms with Crippen LogP contribution in [0.4, 0.5) is 0 Å². The zero-order valence-electron chi connectivity index (χ0n) is 23.4. The number of methoxy groups -OCH3 is 1. The summed E-state index contributed by atoms with van der Waals surface area (Å²) in [6, 6.07) is 0. The maximum Gasteiger partial charge on any atom is 0.311 e. The molecular weight excluding hydrogens is 436 g/mol. The first kappa shape index (κ1) is 25.5. The van der Waals surface area contributed by atoms with Crippen molar-refractivity contribution in [1.82, 2.24) is 0 Å². The van der Waals surface area contributed by atoms with Gasteiger partial charge >= 0.3 is 5.97 Å². The molecule has 5 aliphatic carbocycles. The van der Waals surface area contributed by atoms with Gasteiger partial charge in [-0.05, 0) is 110 Å². The second-order valence-corrected chi connectivity index (χ2v) is 15.1. The highest BCUT2D eigenvalue weighted by Gasteiger charge is 2.70. The van der Waals surface area contributed by atoms with Crippen LogP contribution >= 0.6 is 0 Å². The summed E-state index contributed by atoms with van der Waals surface area (Å²) < 4.78 is 5.25. The van der Waals surface area contributed by atoms with E-state index in [0.29, 0.717) is 11.7 Å². The summed E-state index contributed by atoms with van der Waals surface area (Å²) in [6.45, 7) is 16.2. The number of aliphatic hydroxyl groups is 1. The van der Waals surface area contributed by atoms with Gasteiger partial charge in [-0.15, -0.1) is 0 Å². The molecule has 5 aliphatic rings. The summed E-state index contributed by atoms with van der Waals surface area (Å²) in [4.78, 5) is 27.1. The number of hydrogen-bond donors (Lipinski definition) is 1. The van der Waals surface area contributed by atoms with Crippen LogP contribution < -0.4 is 0 Å². The van der Waals surface area contributed by atoms with E-state index in [0.717, 1.165) is 57.8 Å². The van der Waals surface area contributed by atoms with E-state index in [1.807, 2.05) is 0 Å². The van der Waals surface area contributed by atoms with Crippen LogP contribution in [-0.4, -0.2) is 30.1 Å². The summed E-state index contributed by atoms with van der Waals surface area (Å²) in [6.07, 6.45) is 10.5. The zero-order chi connectivity index (χ0) is 25.8. The lowest BCUT2D eigenvalue weighted by atomic mass is 9.33. The Morgan fingerprint density at radius 2 is 1.60 bits per heavy atom. The third kappa shape index (κ3) is 3.07. The topological polar surface area (TPSA) is 63.6 Å². The Labute approximate surface area is 212 Å². The Balaban J connectivity index is 1.61. The van der Waals surface area contributed by atoms with Gasteiger partial charge in [-0.3, -0.25) is 9.59 Å². The van der Waals surface area contributed by atoms with Gasteiger partial charge in [-0.1, -0.05) is 47.1 Å². The van der Waals surface area contributed by atoms with Crippen LogP contribution in [0, 0.1) is 50.2 Å². The largest absolute Gasteiger partial charge is 0.469 e. The van der Waals surface area contributed by atoms with Crippen molar-refractivity contribution in [3.05, 3.63) is 11.6 Å². The molecular formula is C31H48O4. The average molecular weight is 485 g/mol. The number of ketones is 1. The number of rotatable bonds is 1. The second kappa shape index (κ2) is 7.45. The van der Waals surface area contributed by atoms with E-state index in [-0.39, 0.29) is 51.0 Å². The lowest BCUT2D eigenvalue weighted by Crippen LogP contribution is -2.66. The normalized spacial score (nSPS) is 52.8. The molecule has 0 heterocycles. The maximum absolute atomic E-state index is 14.3. The van der Waals surface area contributed by atoms with Crippen molar-refractivity contribution in [2.24, 2.45) is 50.2 Å². The molecule has 0 radical (unpaired) electrons. The summed E-state index contributed by atoms with van der Waals surface area (Å²) in [5.74, 6) is 0.805. The molecule has 4 saturated carbocycles. The first-order valence-corrected chi connectivity index (χ1v) is 14.1. The molecule has 4 heteroatoms. The molecule has 0 spiro atoms. The summed E-state index contributed by atoms with van der Waals surface area (Å²) in [7, 11) is 1.50. The van der Waals surface area contributed by atoms with Crippen LogP contribution in [-0.2, 0) is 14.3 Å². The van der Waals surface area contributed by atoms with Gasteiger partial charge < -0.3 is 9.84 Å². The first-order valence-electron chi connectivity index (χ1n) is 14.1. The molecule has 0 aromatic rings. The van der Waals surface area contributed by atoms with Crippen molar-refractivity contribution in [2.75, 3.05) is 7.11 Å². The van der Waals surface area contributed by atoms with Gasteiger partial charge in [0.05, 0.1) is 18.6 Å². The van der Waals surface area contributed by atoms with Crippen molar-refractivity contribution in [3.63, 3.8) is 0 Å². The Hall–Kier alpha value is -1.16. The van der Waals surface area contributed by atoms with Crippen molar-refractivity contribution in [1.29, 1.82) is 0 Å². The van der Waals surface area contributed by atoms with Crippen molar-refractivity contribution >= 4 is 11.8 Å². The van der Waals surface area contributed by atoms with E-state index in [2.05, 4.69) is 54.5 Å². The molecule has 0 amide bonds. The Morgan fingerprint density at radius 3 is 2.26 bits per heavy atom. The van der Waals surface area contributed by atoms with Gasteiger partial charge in [0.1, 0.15) is 0 Å². The first-order chi connectivity index (χ1) is 16.1. The average Bonchev–Trinajstić information content (AvgIpc) is 2.78. The number of carbonyl (C=O) groups is 2. The van der Waals surface area contributed by atoms with Crippen LogP contribution in [0.25, 0.3) is 0 Å². The number of allylic oxidation sites excluding steroid dienone is 2. The number of esters is 1. The predicted molar refractivity (Wildman–Crippen MR) is 137 cm³/mol. The van der Waals surface area contributed by atoms with Crippen LogP contribution in [0.2, 0.25) is 0 Å². The second-order valence-electron chi connectivity index (χ2n) is 15.1. The van der Waals surface area contributed by atoms with E-state index in [9.17, 15) is 14.7 Å². The summed E-state index contributed by atoms with van der Waals surface area (Å²) in [5.41, 5.74) is 0.590. The Bertz CT molecular complexity index is 980. The fourth-order valence-electron chi connectivity index (χ4n) is 10.6. The number of ether oxygens (including phenoxy) is 1. The van der Waals surface area contributed by atoms with Crippen LogP contribution in [0.1, 0.15) is 106 Å². The van der Waals surface area contributed by atoms with Gasteiger partial charge in [-0.25, -0.2) is 0 Å². The smallest absolute Gasteiger partial charge is 0.311 e. The maximum atomic E-state index is 14.3. The fourth-order valence-corrected chi connectivity index (χ4v) is 10.6. The van der Waals surface area contributed by atoms with E-state index in [1.165, 1.54) is 12.7 Å². The number of fused-ring (bicyclic) bond motifs is 7. The monoisotopic (exact) mass is 484 g/mol. The number of carbonyl (C=O) groups excluding carboxylic acids is 2. The van der Waals surface area contributed by atoms with Gasteiger partial charge in [0.2, 0.25) is 0 Å². The SMILES string of the molecule is COC(=O)[C@]1(C)CC[C@]2(C)CC[C@]3(C)C(=CC(=O)[C@@H]4[C@]5(C)CC[C@H](O)C(C)(C)[C@@H]5CC[C@]43C)[C@@H]2C1. The molecule has 4 fully saturated rings. The van der Waals surface area contributed by atoms with Crippen molar-refractivity contribution in [2.45, 2.75) is 112 Å². The predicted octanol–water partition coefficient (Wildman–Crippen LogP) is 6.50. The number of hydrogen-bond acceptors (Lipinski definition) is 4. The third-order valence-corrected chi connectivity index (χ3v) is 13.2. The summed E-state index contributed by atoms with van der Waals surface area (Å²) in [5, 5.41) is 10.9. The molecule has 0 aliphatic heterocycles. The zero-order valence-corrected chi connectivity index (χ0v) is 23.4. The highest BCUT2D eigenvalue weighted by molar-refractivity contribution is 5.95. The number of aliphatic hydroxyl groups excluding tert-OH is 1. The van der Waals surface area contributed by atoms with E-state index < -0.39 is 5.41 Å².